The van der Waals surface area contributed by atoms with E-state index in [0.29, 0.717) is 11.3 Å². The minimum atomic E-state index is -0.335. The molecule has 0 aromatic heterocycles. The molecular weight excluding hydrogens is 179 g/mol. The Hall–Kier alpha value is -1.31. The zero-order valence-electron chi connectivity index (χ0n) is 8.73. The van der Waals surface area contributed by atoms with E-state index in [1.807, 2.05) is 20.8 Å². The standard InChI is InChI=1S/C12H14FO/c1-5-9-6-10(13)8-11(7-9)14-12(2,3)4/h6-8H,1H2,2-4H3. The van der Waals surface area contributed by atoms with E-state index in [0.717, 1.165) is 0 Å². The van der Waals surface area contributed by atoms with Crippen LogP contribution in [-0.2, 0) is 0 Å². The SMILES string of the molecule is C=[C]c1cc(F)cc(OC(C)(C)C)c1. The van der Waals surface area contributed by atoms with E-state index < -0.39 is 0 Å². The first kappa shape index (κ1) is 10.8. The van der Waals surface area contributed by atoms with E-state index in [1.165, 1.54) is 12.1 Å². The summed E-state index contributed by atoms with van der Waals surface area (Å²) in [6, 6.07) is 4.43. The van der Waals surface area contributed by atoms with Gasteiger partial charge in [-0.1, -0.05) is 6.58 Å². The Kier molecular flexibility index (Phi) is 2.94. The first-order chi connectivity index (χ1) is 6.40. The van der Waals surface area contributed by atoms with Gasteiger partial charge in [-0.3, -0.25) is 0 Å². The van der Waals surface area contributed by atoms with E-state index in [-0.39, 0.29) is 11.4 Å². The van der Waals surface area contributed by atoms with Crippen LogP contribution in [0.1, 0.15) is 26.3 Å². The predicted octanol–water partition coefficient (Wildman–Crippen LogP) is 3.34. The maximum Gasteiger partial charge on any atom is 0.127 e. The lowest BCUT2D eigenvalue weighted by Crippen LogP contribution is -2.23. The highest BCUT2D eigenvalue weighted by Crippen LogP contribution is 2.21. The zero-order chi connectivity index (χ0) is 10.8. The van der Waals surface area contributed by atoms with Gasteiger partial charge in [0.25, 0.3) is 0 Å². The van der Waals surface area contributed by atoms with Crippen molar-refractivity contribution >= 4 is 0 Å². The fourth-order valence-corrected chi connectivity index (χ4v) is 1.08. The first-order valence-corrected chi connectivity index (χ1v) is 4.43. The van der Waals surface area contributed by atoms with E-state index in [2.05, 4.69) is 12.7 Å². The second-order valence-electron chi connectivity index (χ2n) is 4.07. The highest BCUT2D eigenvalue weighted by molar-refractivity contribution is 5.33. The molecule has 1 radical (unpaired) electrons. The minimum Gasteiger partial charge on any atom is -0.488 e. The van der Waals surface area contributed by atoms with Gasteiger partial charge >= 0.3 is 0 Å². The van der Waals surface area contributed by atoms with Crippen LogP contribution in [0.5, 0.6) is 5.75 Å². The zero-order valence-corrected chi connectivity index (χ0v) is 8.73. The lowest BCUT2D eigenvalue weighted by molar-refractivity contribution is 0.130. The molecule has 0 atom stereocenters. The second-order valence-corrected chi connectivity index (χ2v) is 4.07. The lowest BCUT2D eigenvalue weighted by Gasteiger charge is -2.21. The van der Waals surface area contributed by atoms with Crippen molar-refractivity contribution in [3.63, 3.8) is 0 Å². The number of halogens is 1. The highest BCUT2D eigenvalue weighted by Gasteiger charge is 2.12. The summed E-state index contributed by atoms with van der Waals surface area (Å²) in [5.74, 6) is 0.168. The molecule has 0 N–H and O–H groups in total. The summed E-state index contributed by atoms with van der Waals surface area (Å²) in [6.45, 7) is 9.20. The van der Waals surface area contributed by atoms with Gasteiger partial charge in [-0.25, -0.2) is 4.39 Å². The van der Waals surface area contributed by atoms with Crippen molar-refractivity contribution < 1.29 is 9.13 Å². The molecule has 1 aromatic rings. The third-order valence-electron chi connectivity index (χ3n) is 1.50. The Morgan fingerprint density at radius 2 is 1.93 bits per heavy atom. The van der Waals surface area contributed by atoms with Gasteiger partial charge in [0.15, 0.2) is 0 Å². The van der Waals surface area contributed by atoms with Crippen molar-refractivity contribution in [2.45, 2.75) is 26.4 Å². The Balaban J connectivity index is 2.98. The molecule has 1 rings (SSSR count). The van der Waals surface area contributed by atoms with Crippen molar-refractivity contribution in [2.24, 2.45) is 0 Å². The fourth-order valence-electron chi connectivity index (χ4n) is 1.08. The van der Waals surface area contributed by atoms with Crippen LogP contribution in [0.2, 0.25) is 0 Å². The summed E-state index contributed by atoms with van der Waals surface area (Å²) in [7, 11) is 0. The number of hydrogen-bond acceptors (Lipinski definition) is 1. The van der Waals surface area contributed by atoms with Crippen LogP contribution in [0.4, 0.5) is 4.39 Å². The molecule has 14 heavy (non-hydrogen) atoms. The van der Waals surface area contributed by atoms with Gasteiger partial charge in [0.05, 0.1) is 0 Å². The van der Waals surface area contributed by atoms with Gasteiger partial charge in [-0.2, -0.15) is 0 Å². The maximum absolute atomic E-state index is 13.0. The summed E-state index contributed by atoms with van der Waals surface area (Å²) >= 11 is 0. The quantitative estimate of drug-likeness (QED) is 0.700. The summed E-state index contributed by atoms with van der Waals surface area (Å²) in [6.07, 6.45) is 2.62. The topological polar surface area (TPSA) is 9.23 Å². The molecular formula is C12H14FO. The monoisotopic (exact) mass is 193 g/mol. The van der Waals surface area contributed by atoms with E-state index in [9.17, 15) is 4.39 Å². The van der Waals surface area contributed by atoms with Crippen LogP contribution in [0.15, 0.2) is 24.8 Å². The van der Waals surface area contributed by atoms with Crippen molar-refractivity contribution in [3.05, 3.63) is 42.2 Å². The molecule has 0 saturated heterocycles. The lowest BCUT2D eigenvalue weighted by atomic mass is 10.1. The van der Waals surface area contributed by atoms with E-state index in [1.54, 1.807) is 6.07 Å². The third-order valence-corrected chi connectivity index (χ3v) is 1.50. The third kappa shape index (κ3) is 3.21. The molecule has 1 nitrogen and oxygen atoms in total. The molecule has 1 aromatic carbocycles. The molecule has 0 aliphatic carbocycles. The molecule has 0 saturated carbocycles. The predicted molar refractivity (Wildman–Crippen MR) is 54.8 cm³/mol. The number of benzene rings is 1. The minimum absolute atomic E-state index is 0.327. The van der Waals surface area contributed by atoms with Gasteiger partial charge in [-0.05, 0) is 44.5 Å². The molecule has 0 aliphatic rings. The van der Waals surface area contributed by atoms with Crippen LogP contribution in [0.25, 0.3) is 0 Å². The normalized spacial score (nSPS) is 11.1. The molecule has 0 amide bonds. The van der Waals surface area contributed by atoms with Crippen LogP contribution in [0.3, 0.4) is 0 Å². The molecule has 75 valence electrons. The summed E-state index contributed by atoms with van der Waals surface area (Å²) < 4.78 is 18.6. The van der Waals surface area contributed by atoms with Crippen LogP contribution in [0, 0.1) is 11.9 Å². The number of rotatable bonds is 2. The summed E-state index contributed by atoms with van der Waals surface area (Å²) in [5, 5.41) is 0. The van der Waals surface area contributed by atoms with Gasteiger partial charge in [0.2, 0.25) is 0 Å². The van der Waals surface area contributed by atoms with Gasteiger partial charge < -0.3 is 4.74 Å². The van der Waals surface area contributed by atoms with Gasteiger partial charge in [-0.15, -0.1) is 0 Å². The van der Waals surface area contributed by atoms with Crippen LogP contribution in [-0.4, -0.2) is 5.60 Å². The molecule has 0 spiro atoms. The second kappa shape index (κ2) is 3.82. The molecule has 2 heteroatoms. The van der Waals surface area contributed by atoms with Crippen LogP contribution < -0.4 is 4.74 Å². The fraction of sp³-hybridized carbons (Fsp3) is 0.333. The Labute approximate surface area is 84.2 Å². The molecule has 0 aliphatic heterocycles. The van der Waals surface area contributed by atoms with E-state index in [4.69, 9.17) is 4.74 Å². The average Bonchev–Trinajstić information content (AvgIpc) is 1.99. The van der Waals surface area contributed by atoms with Crippen molar-refractivity contribution in [1.29, 1.82) is 0 Å². The summed E-state index contributed by atoms with van der Waals surface area (Å²) in [4.78, 5) is 0. The van der Waals surface area contributed by atoms with Gasteiger partial charge in [0.1, 0.15) is 17.2 Å². The maximum atomic E-state index is 13.0. The average molecular weight is 193 g/mol. The van der Waals surface area contributed by atoms with Crippen molar-refractivity contribution in [2.75, 3.05) is 0 Å². The van der Waals surface area contributed by atoms with Crippen molar-refractivity contribution in [1.82, 2.24) is 0 Å². The van der Waals surface area contributed by atoms with Crippen molar-refractivity contribution in [3.8, 4) is 5.75 Å². The van der Waals surface area contributed by atoms with E-state index >= 15 is 0 Å². The first-order valence-electron chi connectivity index (χ1n) is 4.43. The molecule has 0 fully saturated rings. The number of hydrogen-bond donors (Lipinski definition) is 0. The molecule has 0 bridgehead atoms. The molecule has 0 heterocycles. The smallest absolute Gasteiger partial charge is 0.127 e. The largest absolute Gasteiger partial charge is 0.488 e. The van der Waals surface area contributed by atoms with Crippen LogP contribution >= 0.6 is 0 Å². The molecule has 0 unspecified atom stereocenters. The Bertz CT molecular complexity index is 337. The number of ether oxygens (including phenoxy) is 1. The Morgan fingerprint density at radius 1 is 1.29 bits per heavy atom. The highest BCUT2D eigenvalue weighted by atomic mass is 19.1. The Morgan fingerprint density at radius 3 is 2.43 bits per heavy atom. The van der Waals surface area contributed by atoms with Gasteiger partial charge in [0, 0.05) is 6.07 Å². The summed E-state index contributed by atoms with van der Waals surface area (Å²) in [5.41, 5.74) is 0.274.